The fraction of sp³-hybridized carbons (Fsp3) is 0.611. The van der Waals surface area contributed by atoms with Crippen molar-refractivity contribution in [1.82, 2.24) is 0 Å². The van der Waals surface area contributed by atoms with Gasteiger partial charge in [0.25, 0.3) is 0 Å². The van der Waals surface area contributed by atoms with Crippen molar-refractivity contribution in [3.05, 3.63) is 23.8 Å². The molecule has 1 unspecified atom stereocenters. The fourth-order valence-electron chi connectivity index (χ4n) is 3.90. The van der Waals surface area contributed by atoms with Crippen molar-refractivity contribution in [3.8, 4) is 0 Å². The second-order valence-electron chi connectivity index (χ2n) is 6.89. The van der Waals surface area contributed by atoms with Crippen LogP contribution in [0.25, 0.3) is 0 Å². The molecule has 2 aliphatic rings. The number of rotatable bonds is 5. The zero-order valence-electron chi connectivity index (χ0n) is 13.7. The molecule has 126 valence electrons. The minimum atomic E-state index is -0.689. The number of nitrogens with one attached hydrogen (secondary N) is 1. The van der Waals surface area contributed by atoms with Crippen LogP contribution >= 0.6 is 0 Å². The zero-order chi connectivity index (χ0) is 16.4. The molecule has 0 radical (unpaired) electrons. The molecule has 1 amide bonds. The minimum Gasteiger partial charge on any atom is -0.391 e. The summed E-state index contributed by atoms with van der Waals surface area (Å²) in [6.07, 6.45) is 4.36. The number of amides is 1. The molecule has 1 aromatic rings. The van der Waals surface area contributed by atoms with Gasteiger partial charge < -0.3 is 20.4 Å². The average molecular weight is 318 g/mol. The third kappa shape index (κ3) is 3.51. The van der Waals surface area contributed by atoms with E-state index >= 15 is 0 Å². The molecule has 1 aliphatic carbocycles. The number of hydrogen-bond donors (Lipinski definition) is 3. The molecule has 0 aromatic heterocycles. The summed E-state index contributed by atoms with van der Waals surface area (Å²) < 4.78 is 0. The van der Waals surface area contributed by atoms with Crippen LogP contribution in [0.15, 0.2) is 18.2 Å². The van der Waals surface area contributed by atoms with E-state index in [0.29, 0.717) is 19.5 Å². The van der Waals surface area contributed by atoms with Crippen LogP contribution in [0.2, 0.25) is 0 Å². The van der Waals surface area contributed by atoms with Crippen LogP contribution in [0.1, 0.15) is 44.6 Å². The van der Waals surface area contributed by atoms with E-state index in [9.17, 15) is 15.0 Å². The van der Waals surface area contributed by atoms with E-state index < -0.39 is 11.7 Å². The van der Waals surface area contributed by atoms with Gasteiger partial charge in [0.1, 0.15) is 0 Å². The summed E-state index contributed by atoms with van der Waals surface area (Å²) in [5.41, 5.74) is 2.38. The number of nitrogens with zero attached hydrogens (tertiary/aromatic N) is 1. The fourth-order valence-corrected chi connectivity index (χ4v) is 3.90. The summed E-state index contributed by atoms with van der Waals surface area (Å²) in [6.45, 7) is 2.71. The summed E-state index contributed by atoms with van der Waals surface area (Å²) >= 11 is 0. The van der Waals surface area contributed by atoms with E-state index in [2.05, 4.69) is 5.32 Å². The quantitative estimate of drug-likeness (QED) is 0.777. The number of fused-ring (bicyclic) bond motifs is 1. The number of hydrogen-bond acceptors (Lipinski definition) is 4. The topological polar surface area (TPSA) is 72.8 Å². The van der Waals surface area contributed by atoms with E-state index in [1.165, 1.54) is 0 Å². The molecule has 5 nitrogen and oxygen atoms in total. The Hall–Kier alpha value is -1.59. The van der Waals surface area contributed by atoms with Gasteiger partial charge in [-0.25, -0.2) is 0 Å². The highest BCUT2D eigenvalue weighted by Gasteiger charge is 2.33. The second kappa shape index (κ2) is 6.49. The Morgan fingerprint density at radius 2 is 2.13 bits per heavy atom. The number of anilines is 2. The Morgan fingerprint density at radius 3 is 2.83 bits per heavy atom. The van der Waals surface area contributed by atoms with Crippen LogP contribution in [0.5, 0.6) is 0 Å². The van der Waals surface area contributed by atoms with Crippen molar-refractivity contribution in [2.45, 2.75) is 57.2 Å². The van der Waals surface area contributed by atoms with Gasteiger partial charge in [-0.2, -0.15) is 0 Å². The molecule has 1 atom stereocenters. The van der Waals surface area contributed by atoms with Crippen LogP contribution in [-0.4, -0.2) is 40.9 Å². The van der Waals surface area contributed by atoms with Crippen LogP contribution in [0, 0.1) is 0 Å². The lowest BCUT2D eigenvalue weighted by atomic mass is 9.94. The lowest BCUT2D eigenvalue weighted by Crippen LogP contribution is -2.33. The van der Waals surface area contributed by atoms with Crippen molar-refractivity contribution >= 4 is 17.3 Å². The molecule has 1 saturated carbocycles. The molecule has 23 heavy (non-hydrogen) atoms. The van der Waals surface area contributed by atoms with E-state index in [1.807, 2.05) is 18.2 Å². The maximum Gasteiger partial charge on any atom is 0.223 e. The molecule has 0 saturated heterocycles. The summed E-state index contributed by atoms with van der Waals surface area (Å²) in [5, 5.41) is 23.9. The monoisotopic (exact) mass is 318 g/mol. The first-order valence-electron chi connectivity index (χ1n) is 8.53. The Kier molecular flexibility index (Phi) is 4.60. The molecular weight excluding hydrogens is 292 g/mol. The van der Waals surface area contributed by atoms with Crippen molar-refractivity contribution in [2.24, 2.45) is 0 Å². The van der Waals surface area contributed by atoms with E-state index in [-0.39, 0.29) is 5.91 Å². The highest BCUT2D eigenvalue weighted by atomic mass is 16.3. The lowest BCUT2D eigenvalue weighted by molar-refractivity contribution is -0.116. The first kappa shape index (κ1) is 16.3. The van der Waals surface area contributed by atoms with Gasteiger partial charge >= 0.3 is 0 Å². The SMILES string of the molecule is CC(=O)N1CCc2c(NCC(O)CC3(O)CCCC3)cccc21. The van der Waals surface area contributed by atoms with Gasteiger partial charge in [-0.3, -0.25) is 4.79 Å². The largest absolute Gasteiger partial charge is 0.391 e. The number of benzene rings is 1. The summed E-state index contributed by atoms with van der Waals surface area (Å²) in [5.74, 6) is 0.0596. The molecule has 0 bridgehead atoms. The molecule has 0 spiro atoms. The van der Waals surface area contributed by atoms with Crippen LogP contribution < -0.4 is 10.2 Å². The smallest absolute Gasteiger partial charge is 0.223 e. The predicted octanol–water partition coefficient (Wildman–Crippen LogP) is 2.06. The van der Waals surface area contributed by atoms with Gasteiger partial charge in [-0.15, -0.1) is 0 Å². The molecule has 1 heterocycles. The van der Waals surface area contributed by atoms with Crippen molar-refractivity contribution in [1.29, 1.82) is 0 Å². The van der Waals surface area contributed by atoms with E-state index in [0.717, 1.165) is 49.0 Å². The van der Waals surface area contributed by atoms with Crippen molar-refractivity contribution in [3.63, 3.8) is 0 Å². The molecule has 3 N–H and O–H groups in total. The number of carbonyl (C=O) groups excluding carboxylic acids is 1. The molecule has 5 heteroatoms. The highest BCUT2D eigenvalue weighted by molar-refractivity contribution is 5.95. The number of aliphatic hydroxyl groups excluding tert-OH is 1. The Labute approximate surface area is 137 Å². The maximum atomic E-state index is 11.7. The minimum absolute atomic E-state index is 0.0596. The normalized spacial score (nSPS) is 20.4. The first-order valence-corrected chi connectivity index (χ1v) is 8.53. The molecule has 1 fully saturated rings. The van der Waals surface area contributed by atoms with E-state index in [1.54, 1.807) is 11.8 Å². The van der Waals surface area contributed by atoms with Gasteiger partial charge in [0.2, 0.25) is 5.91 Å². The van der Waals surface area contributed by atoms with Gasteiger partial charge in [-0.1, -0.05) is 18.9 Å². The predicted molar refractivity (Wildman–Crippen MR) is 90.7 cm³/mol. The highest BCUT2D eigenvalue weighted by Crippen LogP contribution is 2.35. The third-order valence-corrected chi connectivity index (χ3v) is 5.09. The van der Waals surface area contributed by atoms with Gasteiger partial charge in [-0.05, 0) is 31.4 Å². The number of aliphatic hydroxyl groups is 2. The third-order valence-electron chi connectivity index (χ3n) is 5.09. The van der Waals surface area contributed by atoms with Crippen molar-refractivity contribution in [2.75, 3.05) is 23.3 Å². The summed E-state index contributed by atoms with van der Waals surface area (Å²) in [4.78, 5) is 13.4. The Bertz CT molecular complexity index is 582. The summed E-state index contributed by atoms with van der Waals surface area (Å²) in [7, 11) is 0. The second-order valence-corrected chi connectivity index (χ2v) is 6.89. The van der Waals surface area contributed by atoms with Gasteiger partial charge in [0, 0.05) is 43.4 Å². The average Bonchev–Trinajstić information content (AvgIpc) is 3.11. The van der Waals surface area contributed by atoms with E-state index in [4.69, 9.17) is 0 Å². The molecule has 1 aliphatic heterocycles. The zero-order valence-corrected chi connectivity index (χ0v) is 13.7. The lowest BCUT2D eigenvalue weighted by Gasteiger charge is -2.25. The van der Waals surface area contributed by atoms with Gasteiger partial charge in [0.15, 0.2) is 0 Å². The van der Waals surface area contributed by atoms with Gasteiger partial charge in [0.05, 0.1) is 11.7 Å². The van der Waals surface area contributed by atoms with Crippen LogP contribution in [-0.2, 0) is 11.2 Å². The summed E-state index contributed by atoms with van der Waals surface area (Å²) in [6, 6.07) is 5.88. The van der Waals surface area contributed by atoms with Crippen molar-refractivity contribution < 1.29 is 15.0 Å². The first-order chi connectivity index (χ1) is 11.0. The Balaban J connectivity index is 1.62. The van der Waals surface area contributed by atoms with Crippen LogP contribution in [0.3, 0.4) is 0 Å². The standard InChI is InChI=1S/C18H26N2O3/c1-13(21)20-10-7-15-16(5-4-6-17(15)20)19-12-14(22)11-18(23)8-2-3-9-18/h4-6,14,19,22-23H,2-3,7-12H2,1H3. The molecular formula is C18H26N2O3. The Morgan fingerprint density at radius 1 is 1.39 bits per heavy atom. The molecule has 1 aromatic carbocycles. The maximum absolute atomic E-state index is 11.7. The van der Waals surface area contributed by atoms with Crippen LogP contribution in [0.4, 0.5) is 11.4 Å². The molecule has 3 rings (SSSR count). The number of carbonyl (C=O) groups is 1.